The van der Waals surface area contributed by atoms with Gasteiger partial charge in [0, 0.05) is 44.5 Å². The van der Waals surface area contributed by atoms with E-state index in [0.29, 0.717) is 32.2 Å². The number of piperazine rings is 2. The maximum absolute atomic E-state index is 13.3. The summed E-state index contributed by atoms with van der Waals surface area (Å²) in [6.07, 6.45) is -4.83. The normalized spacial score (nSPS) is 24.4. The number of carbonyl (C=O) groups is 1. The molecule has 2 aromatic rings. The molecule has 2 aliphatic heterocycles. The molecule has 13 heteroatoms. The molecule has 0 radical (unpaired) electrons. The molecule has 1 amide bonds. The Labute approximate surface area is 212 Å². The van der Waals surface area contributed by atoms with Crippen molar-refractivity contribution in [2.45, 2.75) is 41.9 Å². The van der Waals surface area contributed by atoms with Gasteiger partial charge in [-0.3, -0.25) is 9.69 Å². The monoisotopic (exact) mass is 546 g/mol. The van der Waals surface area contributed by atoms with Gasteiger partial charge in [-0.2, -0.15) is 17.5 Å². The molecule has 0 spiro atoms. The van der Waals surface area contributed by atoms with Crippen LogP contribution in [-0.2, 0) is 20.4 Å². The van der Waals surface area contributed by atoms with Crippen LogP contribution < -0.4 is 10.2 Å². The van der Waals surface area contributed by atoms with Crippen molar-refractivity contribution in [1.29, 1.82) is 0 Å². The van der Waals surface area contributed by atoms with Gasteiger partial charge in [0.15, 0.2) is 5.60 Å². The lowest BCUT2D eigenvalue weighted by atomic mass is 9.95. The minimum atomic E-state index is -4.83. The highest BCUT2D eigenvalue weighted by Gasteiger charge is 2.51. The highest BCUT2D eigenvalue weighted by atomic mass is 32.2. The molecule has 4 rings (SSSR count). The van der Waals surface area contributed by atoms with Crippen LogP contribution in [0.4, 0.5) is 18.9 Å². The van der Waals surface area contributed by atoms with Gasteiger partial charge in [-0.25, -0.2) is 8.42 Å². The lowest BCUT2D eigenvalue weighted by Gasteiger charge is -2.45. The molecule has 0 aliphatic carbocycles. The van der Waals surface area contributed by atoms with E-state index in [1.165, 1.54) is 28.6 Å². The second-order valence-corrected chi connectivity index (χ2v) is 12.5. The first-order chi connectivity index (χ1) is 16.8. The number of halogens is 3. The van der Waals surface area contributed by atoms with E-state index in [2.05, 4.69) is 5.32 Å². The van der Waals surface area contributed by atoms with Gasteiger partial charge in [-0.15, -0.1) is 11.3 Å². The Hall–Kier alpha value is -2.19. The predicted octanol–water partition coefficient (Wildman–Crippen LogP) is 2.22. The van der Waals surface area contributed by atoms with E-state index in [1.54, 1.807) is 17.5 Å². The van der Waals surface area contributed by atoms with E-state index < -0.39 is 21.8 Å². The third-order valence-corrected chi connectivity index (χ3v) is 10.1. The fourth-order valence-electron chi connectivity index (χ4n) is 4.52. The minimum Gasteiger partial charge on any atom is -0.376 e. The van der Waals surface area contributed by atoms with Crippen molar-refractivity contribution in [2.75, 3.05) is 44.2 Å². The number of anilines is 1. The van der Waals surface area contributed by atoms with Gasteiger partial charge in [0.25, 0.3) is 10.0 Å². The first-order valence-corrected chi connectivity index (χ1v) is 13.8. The van der Waals surface area contributed by atoms with Crippen molar-refractivity contribution in [1.82, 2.24) is 14.5 Å². The molecule has 2 saturated heterocycles. The fraction of sp³-hybridized carbons (Fsp3) is 0.522. The standard InChI is InChI=1S/C23H29F3N4O4S2/c1-16-12-27-20(31)15-28(16)13-19-14-29(36(33,34)21-4-3-11-35-21)9-10-30(19)18-7-5-17(6-8-18)22(2,32)23(24,25)26/h3-8,11,16,19,32H,9-10,12-15H2,1-2H3,(H,27,31)/t16-,19+,22-/m1/s1. The number of sulfonamides is 1. The molecule has 2 fully saturated rings. The second kappa shape index (κ2) is 9.93. The summed E-state index contributed by atoms with van der Waals surface area (Å²) in [6, 6.07) is 8.43. The summed E-state index contributed by atoms with van der Waals surface area (Å²) < 4.78 is 67.9. The van der Waals surface area contributed by atoms with Crippen LogP contribution in [0.2, 0.25) is 0 Å². The zero-order chi connectivity index (χ0) is 26.3. The van der Waals surface area contributed by atoms with Gasteiger partial charge in [-0.05, 0) is 43.0 Å². The van der Waals surface area contributed by atoms with Gasteiger partial charge in [-0.1, -0.05) is 18.2 Å². The molecule has 2 aliphatic rings. The zero-order valence-electron chi connectivity index (χ0n) is 19.9. The molecule has 0 saturated carbocycles. The molecule has 2 N–H and O–H groups in total. The summed E-state index contributed by atoms with van der Waals surface area (Å²) >= 11 is 1.14. The number of carbonyl (C=O) groups excluding carboxylic acids is 1. The minimum absolute atomic E-state index is 0.0399. The number of hydrogen-bond donors (Lipinski definition) is 2. The fourth-order valence-corrected chi connectivity index (χ4v) is 7.13. The van der Waals surface area contributed by atoms with Gasteiger partial charge in [0.05, 0.1) is 12.6 Å². The van der Waals surface area contributed by atoms with Crippen LogP contribution >= 0.6 is 11.3 Å². The number of aliphatic hydroxyl groups is 1. The Kier molecular flexibility index (Phi) is 7.41. The molecular weight excluding hydrogens is 517 g/mol. The Morgan fingerprint density at radius 2 is 1.86 bits per heavy atom. The number of benzene rings is 1. The van der Waals surface area contributed by atoms with Crippen LogP contribution in [0.25, 0.3) is 0 Å². The number of alkyl halides is 3. The number of rotatable bonds is 6. The van der Waals surface area contributed by atoms with E-state index in [9.17, 15) is 31.5 Å². The SMILES string of the molecule is C[C@@H]1CNC(=O)CN1C[C@H]1CN(S(=O)(=O)c2cccs2)CCN1c1ccc([C@@](C)(O)C(F)(F)F)cc1. The largest absolute Gasteiger partial charge is 0.421 e. The van der Waals surface area contributed by atoms with Gasteiger partial charge < -0.3 is 15.3 Å². The van der Waals surface area contributed by atoms with Crippen LogP contribution in [-0.4, -0.2) is 86.2 Å². The van der Waals surface area contributed by atoms with Crippen LogP contribution in [0.5, 0.6) is 0 Å². The molecule has 198 valence electrons. The number of hydrogen-bond acceptors (Lipinski definition) is 7. The summed E-state index contributed by atoms with van der Waals surface area (Å²) in [4.78, 5) is 16.0. The molecule has 36 heavy (non-hydrogen) atoms. The molecule has 1 aromatic heterocycles. The van der Waals surface area contributed by atoms with Crippen molar-refractivity contribution >= 4 is 33.0 Å². The van der Waals surface area contributed by atoms with E-state index in [4.69, 9.17) is 0 Å². The average Bonchev–Trinajstić information content (AvgIpc) is 3.37. The molecular formula is C23H29F3N4O4S2. The van der Waals surface area contributed by atoms with E-state index in [1.807, 2.05) is 16.7 Å². The topological polar surface area (TPSA) is 93.2 Å². The first-order valence-electron chi connectivity index (χ1n) is 11.5. The zero-order valence-corrected chi connectivity index (χ0v) is 21.5. The Morgan fingerprint density at radius 3 is 2.47 bits per heavy atom. The van der Waals surface area contributed by atoms with Crippen molar-refractivity contribution in [3.8, 4) is 0 Å². The number of amides is 1. The van der Waals surface area contributed by atoms with E-state index in [-0.39, 0.29) is 47.4 Å². The Bertz CT molecular complexity index is 1170. The lowest BCUT2D eigenvalue weighted by Crippen LogP contribution is -2.62. The molecule has 8 nitrogen and oxygen atoms in total. The van der Waals surface area contributed by atoms with Crippen LogP contribution in [0.1, 0.15) is 19.4 Å². The van der Waals surface area contributed by atoms with Crippen molar-refractivity contribution < 1.29 is 31.5 Å². The highest BCUT2D eigenvalue weighted by Crippen LogP contribution is 2.39. The number of nitrogens with zero attached hydrogens (tertiary/aromatic N) is 3. The number of nitrogens with one attached hydrogen (secondary N) is 1. The Morgan fingerprint density at radius 1 is 1.17 bits per heavy atom. The summed E-state index contributed by atoms with van der Waals surface area (Å²) in [7, 11) is -3.70. The van der Waals surface area contributed by atoms with Crippen molar-refractivity contribution in [2.24, 2.45) is 0 Å². The molecule has 0 unspecified atom stereocenters. The molecule has 1 aromatic carbocycles. The molecule has 3 atom stereocenters. The number of thiophene rings is 1. The third-order valence-electron chi connectivity index (χ3n) is 6.86. The second-order valence-electron chi connectivity index (χ2n) is 9.34. The highest BCUT2D eigenvalue weighted by molar-refractivity contribution is 7.91. The van der Waals surface area contributed by atoms with Crippen molar-refractivity contribution in [3.63, 3.8) is 0 Å². The van der Waals surface area contributed by atoms with E-state index in [0.717, 1.165) is 11.3 Å². The van der Waals surface area contributed by atoms with Crippen molar-refractivity contribution in [3.05, 3.63) is 47.3 Å². The van der Waals surface area contributed by atoms with Gasteiger partial charge in [0.2, 0.25) is 5.91 Å². The van der Waals surface area contributed by atoms with E-state index >= 15 is 0 Å². The maximum atomic E-state index is 13.3. The third kappa shape index (κ3) is 5.25. The van der Waals surface area contributed by atoms with Gasteiger partial charge >= 0.3 is 6.18 Å². The van der Waals surface area contributed by atoms with Crippen LogP contribution in [0.15, 0.2) is 46.0 Å². The lowest BCUT2D eigenvalue weighted by molar-refractivity contribution is -0.258. The smallest absolute Gasteiger partial charge is 0.376 e. The molecule has 0 bridgehead atoms. The van der Waals surface area contributed by atoms with Crippen LogP contribution in [0.3, 0.4) is 0 Å². The average molecular weight is 547 g/mol. The maximum Gasteiger partial charge on any atom is 0.421 e. The summed E-state index contributed by atoms with van der Waals surface area (Å²) in [5.41, 5.74) is -2.66. The first kappa shape index (κ1) is 26.9. The summed E-state index contributed by atoms with van der Waals surface area (Å²) in [5, 5.41) is 14.5. The van der Waals surface area contributed by atoms with Gasteiger partial charge in [0.1, 0.15) is 4.21 Å². The molecule has 3 heterocycles. The predicted molar refractivity (Wildman–Crippen MR) is 130 cm³/mol. The summed E-state index contributed by atoms with van der Waals surface area (Å²) in [6.45, 7) is 4.41. The Balaban J connectivity index is 1.61. The quantitative estimate of drug-likeness (QED) is 0.578. The van der Waals surface area contributed by atoms with Crippen LogP contribution in [0, 0.1) is 0 Å². The summed E-state index contributed by atoms with van der Waals surface area (Å²) in [5.74, 6) is -0.114.